The van der Waals surface area contributed by atoms with Crippen LogP contribution >= 0.6 is 23.4 Å². The highest BCUT2D eigenvalue weighted by molar-refractivity contribution is 7.99. The zero-order valence-electron chi connectivity index (χ0n) is 10.7. The molecule has 0 amide bonds. The van der Waals surface area contributed by atoms with Gasteiger partial charge < -0.3 is 5.73 Å². The molecule has 19 heavy (non-hydrogen) atoms. The maximum Gasteiger partial charge on any atom is 0.125 e. The Labute approximate surface area is 121 Å². The Morgan fingerprint density at radius 3 is 2.68 bits per heavy atom. The van der Waals surface area contributed by atoms with Crippen LogP contribution in [0, 0.1) is 19.3 Å². The summed E-state index contributed by atoms with van der Waals surface area (Å²) in [5.74, 6) is -0.0301. The fraction of sp³-hybridized carbons (Fsp3) is 0.143. The molecule has 0 saturated heterocycles. The van der Waals surface area contributed by atoms with Gasteiger partial charge in [0.1, 0.15) is 10.9 Å². The van der Waals surface area contributed by atoms with Gasteiger partial charge in [-0.3, -0.25) is 5.41 Å². The van der Waals surface area contributed by atoms with E-state index in [1.165, 1.54) is 11.8 Å². The molecular formula is C14H14ClN3S. The minimum Gasteiger partial charge on any atom is -0.384 e. The molecule has 0 bridgehead atoms. The van der Waals surface area contributed by atoms with E-state index in [4.69, 9.17) is 22.7 Å². The number of benzene rings is 1. The van der Waals surface area contributed by atoms with Crippen molar-refractivity contribution in [3.8, 4) is 0 Å². The number of hydrogen-bond donors (Lipinski definition) is 2. The monoisotopic (exact) mass is 291 g/mol. The number of hydrogen-bond acceptors (Lipinski definition) is 3. The van der Waals surface area contributed by atoms with Gasteiger partial charge in [-0.2, -0.15) is 0 Å². The van der Waals surface area contributed by atoms with Gasteiger partial charge in [0, 0.05) is 16.2 Å². The second-order valence-electron chi connectivity index (χ2n) is 4.25. The second-order valence-corrected chi connectivity index (χ2v) is 5.72. The number of nitrogen functional groups attached to an aromatic ring is 1. The van der Waals surface area contributed by atoms with Gasteiger partial charge in [0.15, 0.2) is 0 Å². The first kappa shape index (κ1) is 13.9. The smallest absolute Gasteiger partial charge is 0.125 e. The lowest BCUT2D eigenvalue weighted by Crippen LogP contribution is -2.13. The molecule has 1 aromatic carbocycles. The van der Waals surface area contributed by atoms with E-state index in [-0.39, 0.29) is 5.84 Å². The fourth-order valence-corrected chi connectivity index (χ4v) is 3.28. The molecule has 0 aliphatic heterocycles. The number of rotatable bonds is 3. The summed E-state index contributed by atoms with van der Waals surface area (Å²) in [6, 6.07) is 9.50. The van der Waals surface area contributed by atoms with Gasteiger partial charge >= 0.3 is 0 Å². The van der Waals surface area contributed by atoms with Crippen molar-refractivity contribution in [3.05, 3.63) is 52.2 Å². The highest BCUT2D eigenvalue weighted by Gasteiger charge is 2.12. The third kappa shape index (κ3) is 3.28. The van der Waals surface area contributed by atoms with E-state index in [1.807, 2.05) is 38.1 Å². The van der Waals surface area contributed by atoms with Crippen molar-refractivity contribution in [1.29, 1.82) is 5.41 Å². The molecule has 0 aliphatic carbocycles. The van der Waals surface area contributed by atoms with Crippen molar-refractivity contribution in [2.24, 2.45) is 5.73 Å². The molecule has 0 radical (unpaired) electrons. The fourth-order valence-electron chi connectivity index (χ4n) is 1.82. The molecule has 0 spiro atoms. The van der Waals surface area contributed by atoms with Gasteiger partial charge in [-0.15, -0.1) is 0 Å². The normalized spacial score (nSPS) is 10.5. The zero-order chi connectivity index (χ0) is 14.0. The van der Waals surface area contributed by atoms with Crippen molar-refractivity contribution in [2.75, 3.05) is 0 Å². The molecule has 1 heterocycles. The molecule has 0 atom stereocenters. The Morgan fingerprint density at radius 1 is 1.32 bits per heavy atom. The predicted octanol–water partition coefficient (Wildman–Crippen LogP) is 3.79. The Kier molecular flexibility index (Phi) is 4.12. The minimum absolute atomic E-state index is 0.0301. The van der Waals surface area contributed by atoms with Gasteiger partial charge in [0.05, 0.1) is 5.02 Å². The van der Waals surface area contributed by atoms with Crippen LogP contribution in [0.2, 0.25) is 5.02 Å². The topological polar surface area (TPSA) is 62.8 Å². The third-order valence-electron chi connectivity index (χ3n) is 2.53. The van der Waals surface area contributed by atoms with Crippen LogP contribution < -0.4 is 5.73 Å². The molecule has 0 saturated carbocycles. The van der Waals surface area contributed by atoms with Gasteiger partial charge in [-0.05, 0) is 43.7 Å². The standard InChI is InChI=1S/C14H14ClN3S/c1-8-6-9(2)18-12(7-8)19-11-5-3-4-10(15)13(11)14(16)17/h3-7H,1-2H3,(H3,16,17). The van der Waals surface area contributed by atoms with E-state index in [0.717, 1.165) is 21.2 Å². The summed E-state index contributed by atoms with van der Waals surface area (Å²) in [4.78, 5) is 5.31. The van der Waals surface area contributed by atoms with Crippen LogP contribution in [0.1, 0.15) is 16.8 Å². The third-order valence-corrected chi connectivity index (χ3v) is 3.83. The van der Waals surface area contributed by atoms with Crippen molar-refractivity contribution >= 4 is 29.2 Å². The lowest BCUT2D eigenvalue weighted by molar-refractivity contribution is 1.05. The summed E-state index contributed by atoms with van der Waals surface area (Å²) in [6.45, 7) is 3.99. The van der Waals surface area contributed by atoms with Gasteiger partial charge in [-0.25, -0.2) is 4.98 Å². The van der Waals surface area contributed by atoms with Crippen molar-refractivity contribution in [2.45, 2.75) is 23.8 Å². The minimum atomic E-state index is -0.0301. The Morgan fingerprint density at radius 2 is 2.05 bits per heavy atom. The summed E-state index contributed by atoms with van der Waals surface area (Å²) >= 11 is 7.57. The summed E-state index contributed by atoms with van der Waals surface area (Å²) in [6.07, 6.45) is 0. The number of nitrogens with two attached hydrogens (primary N) is 1. The van der Waals surface area contributed by atoms with E-state index < -0.39 is 0 Å². The molecule has 0 aliphatic rings. The SMILES string of the molecule is Cc1cc(C)nc(Sc2cccc(Cl)c2C(=N)N)c1. The molecule has 1 aromatic heterocycles. The molecule has 0 fully saturated rings. The number of pyridine rings is 1. The lowest BCUT2D eigenvalue weighted by Gasteiger charge is -2.10. The van der Waals surface area contributed by atoms with Crippen molar-refractivity contribution < 1.29 is 0 Å². The molecule has 2 rings (SSSR count). The van der Waals surface area contributed by atoms with Gasteiger partial charge in [0.2, 0.25) is 0 Å². The maximum absolute atomic E-state index is 7.63. The van der Waals surface area contributed by atoms with Crippen LogP contribution in [0.5, 0.6) is 0 Å². The highest BCUT2D eigenvalue weighted by Crippen LogP contribution is 2.33. The zero-order valence-corrected chi connectivity index (χ0v) is 12.3. The molecule has 2 aromatic rings. The van der Waals surface area contributed by atoms with Crippen LogP contribution in [0.25, 0.3) is 0 Å². The molecule has 0 unspecified atom stereocenters. The molecular weight excluding hydrogens is 278 g/mol. The van der Waals surface area contributed by atoms with Crippen molar-refractivity contribution in [1.82, 2.24) is 4.98 Å². The quantitative estimate of drug-likeness (QED) is 0.668. The van der Waals surface area contributed by atoms with E-state index in [1.54, 1.807) is 6.07 Å². The molecule has 5 heteroatoms. The molecule has 3 nitrogen and oxygen atoms in total. The number of nitrogens with zero attached hydrogens (tertiary/aromatic N) is 1. The average Bonchev–Trinajstić information content (AvgIpc) is 2.26. The first-order valence-electron chi connectivity index (χ1n) is 5.73. The van der Waals surface area contributed by atoms with E-state index in [0.29, 0.717) is 10.6 Å². The number of aromatic nitrogens is 1. The van der Waals surface area contributed by atoms with Gasteiger partial charge in [0.25, 0.3) is 0 Å². The summed E-state index contributed by atoms with van der Waals surface area (Å²) in [5.41, 5.74) is 8.28. The Balaban J connectivity index is 2.43. The largest absolute Gasteiger partial charge is 0.384 e. The summed E-state index contributed by atoms with van der Waals surface area (Å²) in [7, 11) is 0. The number of amidine groups is 1. The maximum atomic E-state index is 7.63. The number of halogens is 1. The number of nitrogens with one attached hydrogen (secondary N) is 1. The average molecular weight is 292 g/mol. The first-order chi connectivity index (χ1) is 8.97. The van der Waals surface area contributed by atoms with Crippen molar-refractivity contribution in [3.63, 3.8) is 0 Å². The predicted molar refractivity (Wildman–Crippen MR) is 80.3 cm³/mol. The highest BCUT2D eigenvalue weighted by atomic mass is 35.5. The Hall–Kier alpha value is -1.52. The molecule has 98 valence electrons. The van der Waals surface area contributed by atoms with Gasteiger partial charge in [-0.1, -0.05) is 29.4 Å². The second kappa shape index (κ2) is 5.63. The van der Waals surface area contributed by atoms with E-state index in [9.17, 15) is 0 Å². The summed E-state index contributed by atoms with van der Waals surface area (Å²) < 4.78 is 0. The number of aryl methyl sites for hydroxylation is 2. The molecule has 3 N–H and O–H groups in total. The van der Waals surface area contributed by atoms with Crippen LogP contribution in [0.3, 0.4) is 0 Å². The van der Waals surface area contributed by atoms with Crippen LogP contribution in [-0.4, -0.2) is 10.8 Å². The lowest BCUT2D eigenvalue weighted by atomic mass is 10.2. The van der Waals surface area contributed by atoms with Crippen LogP contribution in [0.15, 0.2) is 40.3 Å². The Bertz CT molecular complexity index is 620. The van der Waals surface area contributed by atoms with Crippen LogP contribution in [0.4, 0.5) is 0 Å². The van der Waals surface area contributed by atoms with E-state index in [2.05, 4.69) is 4.98 Å². The van der Waals surface area contributed by atoms with E-state index >= 15 is 0 Å². The summed E-state index contributed by atoms with van der Waals surface area (Å²) in [5, 5.41) is 8.99. The first-order valence-corrected chi connectivity index (χ1v) is 6.93. The van der Waals surface area contributed by atoms with Crippen LogP contribution in [-0.2, 0) is 0 Å².